The standard InChI is InChI=1S/2C21H29FN4O3.C20H27FN4O2.C16H20FN3O3.C15H18FN3O2.C12H14N2O/c1-14(2)16-12-18(22)17(13-19(16)27-3)20-23-24-21(29-20)26-6-4-15(5-7-26)25-8-10-28-11-9-25;1-14(2)16-12-18(22)17(13-19(16)27-3)20-23-21(24-29-20)26-6-4-15(5-7-26)25-8-10-28-11-9-25;1-14(2)15-3-4-17(18(21)13-15)19-22-20(23-27-19)25-7-5-16(6-8-25)24-9-11-26-12-10-24;1-10(2)11-8-13(17)12(9-14(11)21-3)15-18-16(19-23-15)20-4-6-22-7-5-20;1-10(2)11-3-4-12(13(16)9-11)14-17-15(18-21-14)19-5-7-20-8-6-19;1-8(2)10-4-6-11(7-5-10)12-14-13-9(3)15-12/h2*12-15H,4-11H2,1-3H3;3-4,13-14,16H,5-12H2,1-2H3;8-10H,4-7H2,1-3H3;3-4,9-10H,5-8H2,1-2H3;4-8H,1-3H3. The molecule has 6 aromatic heterocycles. The number of piperidine rings is 3. The van der Waals surface area contributed by atoms with E-state index in [1.807, 2.05) is 103 Å². The van der Waals surface area contributed by atoms with Gasteiger partial charge in [-0.25, -0.2) is 22.0 Å². The lowest BCUT2D eigenvalue weighted by Crippen LogP contribution is -2.49. The number of rotatable bonds is 23. The first-order valence-electron chi connectivity index (χ1n) is 50.3. The smallest absolute Gasteiger partial charge is 0.318 e. The topological polar surface area (TPSA) is 333 Å². The highest BCUT2D eigenvalue weighted by Crippen LogP contribution is 2.41. The van der Waals surface area contributed by atoms with Crippen molar-refractivity contribution in [2.45, 2.75) is 182 Å². The summed E-state index contributed by atoms with van der Waals surface area (Å²) in [7, 11) is 4.73. The number of nitrogens with zero attached hydrogens (tertiary/aromatic N) is 20. The van der Waals surface area contributed by atoms with Crippen LogP contribution in [0.4, 0.5) is 51.8 Å². The van der Waals surface area contributed by atoms with Crippen molar-refractivity contribution in [3.63, 3.8) is 0 Å². The largest absolute Gasteiger partial charge is 0.496 e. The Morgan fingerprint density at radius 1 is 0.285 bits per heavy atom. The monoisotopic (exact) mass is 2000 g/mol. The number of ether oxygens (including phenoxy) is 8. The van der Waals surface area contributed by atoms with E-state index in [1.54, 1.807) is 64.7 Å². The third-order valence-corrected chi connectivity index (χ3v) is 27.2. The van der Waals surface area contributed by atoms with E-state index >= 15 is 0 Å². The molecule has 8 aliphatic heterocycles. The summed E-state index contributed by atoms with van der Waals surface area (Å²) >= 11 is 0. The third kappa shape index (κ3) is 27.2. The van der Waals surface area contributed by atoms with Crippen molar-refractivity contribution in [3.8, 4) is 86.0 Å². The summed E-state index contributed by atoms with van der Waals surface area (Å²) in [4.78, 5) is 35.3. The predicted molar refractivity (Wildman–Crippen MR) is 536 cm³/mol. The SMILES string of the molecule is CC(C)c1ccc(-c2nc(N3CCC(N4CCOCC4)CC3)no2)c(F)c1.CC(C)c1ccc(-c2nc(N3CCOCC3)no2)c(F)c1.COc1cc(-c2nc(N3CCC(N4CCOCC4)CC3)no2)c(F)cc1C(C)C.COc1cc(-c2nc(N3CCOCC3)no2)c(F)cc1C(C)C.COc1cc(-c2nnc(N3CCC(N4CCOCC4)CC3)o2)c(F)cc1C(C)C.Cc1nnc(-c2ccc(C(C)C)cc2)o1. The first-order valence-corrected chi connectivity index (χ1v) is 50.3. The molecule has 0 saturated carbocycles. The van der Waals surface area contributed by atoms with Crippen LogP contribution in [0.5, 0.6) is 17.2 Å². The molecule has 0 aliphatic carbocycles. The lowest BCUT2D eigenvalue weighted by atomic mass is 9.99. The van der Waals surface area contributed by atoms with Crippen molar-refractivity contribution in [1.82, 2.24) is 75.7 Å². The molecule has 144 heavy (non-hydrogen) atoms. The van der Waals surface area contributed by atoms with Crippen molar-refractivity contribution in [3.05, 3.63) is 165 Å². The average molecular weight is 2000 g/mol. The molecule has 0 N–H and O–H groups in total. The average Bonchev–Trinajstić information content (AvgIpc) is 1.56. The van der Waals surface area contributed by atoms with Gasteiger partial charge in [0, 0.05) is 135 Å². The Morgan fingerprint density at radius 2 is 0.569 bits per heavy atom. The molecule has 0 amide bonds. The molecule has 34 nitrogen and oxygen atoms in total. The molecule has 39 heteroatoms. The molecule has 776 valence electrons. The number of benzene rings is 6. The minimum Gasteiger partial charge on any atom is -0.496 e. The second-order valence-electron chi connectivity index (χ2n) is 38.7. The van der Waals surface area contributed by atoms with Gasteiger partial charge < -0.3 is 89.3 Å². The van der Waals surface area contributed by atoms with Crippen LogP contribution in [0.3, 0.4) is 0 Å². The van der Waals surface area contributed by atoms with Gasteiger partial charge in [0.25, 0.3) is 53.2 Å². The molecule has 6 aromatic carbocycles. The summed E-state index contributed by atoms with van der Waals surface area (Å²) < 4.78 is 148. The Hall–Kier alpha value is -12.1. The van der Waals surface area contributed by atoms with E-state index in [9.17, 15) is 22.0 Å². The summed E-state index contributed by atoms with van der Waals surface area (Å²) in [6, 6.07) is 30.1. The zero-order valence-electron chi connectivity index (χ0n) is 85.6. The number of anilines is 5. The van der Waals surface area contributed by atoms with Crippen molar-refractivity contribution < 1.29 is 86.8 Å². The molecular formula is C105H137F5N20O14. The van der Waals surface area contributed by atoms with Gasteiger partial charge >= 0.3 is 6.01 Å². The second kappa shape index (κ2) is 50.6. The summed E-state index contributed by atoms with van der Waals surface area (Å²) in [5.74, 6) is 5.78. The summed E-state index contributed by atoms with van der Waals surface area (Å²) in [5, 5.41) is 32.1. The number of aromatic nitrogens is 12. The lowest BCUT2D eigenvalue weighted by Gasteiger charge is -2.39. The van der Waals surface area contributed by atoms with Gasteiger partial charge in [-0.3, -0.25) is 14.7 Å². The maximum absolute atomic E-state index is 14.7. The van der Waals surface area contributed by atoms with Crippen LogP contribution in [-0.4, -0.2) is 286 Å². The van der Waals surface area contributed by atoms with Gasteiger partial charge in [-0.05, 0) is 201 Å². The van der Waals surface area contributed by atoms with E-state index in [4.69, 9.17) is 64.8 Å². The Balaban J connectivity index is 0.000000131. The van der Waals surface area contributed by atoms with Gasteiger partial charge in [-0.2, -0.15) is 19.9 Å². The van der Waals surface area contributed by atoms with Gasteiger partial charge in [0.05, 0.1) is 115 Å². The van der Waals surface area contributed by atoms with E-state index in [0.29, 0.717) is 147 Å². The second-order valence-corrected chi connectivity index (χ2v) is 38.7. The normalized spacial score (nSPS) is 17.3. The zero-order valence-corrected chi connectivity index (χ0v) is 85.6. The number of hydrogen-bond acceptors (Lipinski definition) is 34. The van der Waals surface area contributed by atoms with Crippen LogP contribution < -0.4 is 38.7 Å². The van der Waals surface area contributed by atoms with E-state index < -0.39 is 5.82 Å². The van der Waals surface area contributed by atoms with Gasteiger partial charge in [-0.1, -0.05) is 112 Å². The molecule has 0 atom stereocenters. The highest BCUT2D eigenvalue weighted by Gasteiger charge is 2.35. The fourth-order valence-corrected chi connectivity index (χ4v) is 18.5. The summed E-state index contributed by atoms with van der Waals surface area (Å²) in [5.41, 5.74) is 8.13. The molecule has 0 unspecified atom stereocenters. The number of hydrogen-bond donors (Lipinski definition) is 0. The van der Waals surface area contributed by atoms with Gasteiger partial charge in [0.1, 0.15) is 46.3 Å². The molecule has 8 aliphatic rings. The van der Waals surface area contributed by atoms with Crippen LogP contribution in [0, 0.1) is 36.0 Å². The van der Waals surface area contributed by atoms with Crippen LogP contribution in [-0.2, 0) is 23.7 Å². The summed E-state index contributed by atoms with van der Waals surface area (Å²) in [6.45, 7) is 47.8. The Labute approximate surface area is 838 Å². The molecular weight excluding hydrogens is 1860 g/mol. The predicted octanol–water partition coefficient (Wildman–Crippen LogP) is 18.8. The Kier molecular flexibility index (Phi) is 37.3. The minimum atomic E-state index is -0.397. The molecule has 8 fully saturated rings. The molecule has 8 saturated heterocycles. The minimum absolute atomic E-state index is 0.151. The Morgan fingerprint density at radius 3 is 0.868 bits per heavy atom. The maximum atomic E-state index is 14.7. The zero-order chi connectivity index (χ0) is 102. The van der Waals surface area contributed by atoms with Crippen LogP contribution in [0.15, 0.2) is 124 Å². The number of methoxy groups -OCH3 is 3. The van der Waals surface area contributed by atoms with Gasteiger partial charge in [0.2, 0.25) is 11.8 Å². The molecule has 0 radical (unpaired) electrons. The molecule has 0 bridgehead atoms. The van der Waals surface area contributed by atoms with Crippen LogP contribution in [0.1, 0.15) is 196 Å². The van der Waals surface area contributed by atoms with Gasteiger partial charge in [0.15, 0.2) is 0 Å². The van der Waals surface area contributed by atoms with E-state index in [1.165, 1.54) is 29.8 Å². The number of halogens is 5. The van der Waals surface area contributed by atoms with Gasteiger partial charge in [-0.15, -0.1) is 15.3 Å². The highest BCUT2D eigenvalue weighted by atomic mass is 19.1. The van der Waals surface area contributed by atoms with E-state index in [2.05, 4.69) is 116 Å². The first-order chi connectivity index (χ1) is 69.6. The molecule has 12 aromatic rings. The van der Waals surface area contributed by atoms with Crippen LogP contribution in [0.2, 0.25) is 0 Å². The fourth-order valence-electron chi connectivity index (χ4n) is 18.5. The highest BCUT2D eigenvalue weighted by molar-refractivity contribution is 5.64. The quantitative estimate of drug-likeness (QED) is 0.0537. The maximum Gasteiger partial charge on any atom is 0.318 e. The third-order valence-electron chi connectivity index (χ3n) is 27.2. The van der Waals surface area contributed by atoms with Crippen LogP contribution in [0.25, 0.3) is 68.7 Å². The van der Waals surface area contributed by atoms with E-state index in [-0.39, 0.29) is 99.0 Å². The number of aryl methyl sites for hydroxylation is 1. The Bertz CT molecular complexity index is 5880. The van der Waals surface area contributed by atoms with Crippen LogP contribution >= 0.6 is 0 Å². The van der Waals surface area contributed by atoms with Crippen molar-refractivity contribution in [1.29, 1.82) is 0 Å². The molecule has 14 heterocycles. The fraction of sp³-hybridized carbons (Fsp3) is 0.543. The van der Waals surface area contributed by atoms with Crippen molar-refractivity contribution in [2.24, 2.45) is 0 Å². The lowest BCUT2D eigenvalue weighted by molar-refractivity contribution is 0.0113. The molecule has 0 spiro atoms. The van der Waals surface area contributed by atoms with Crippen molar-refractivity contribution in [2.75, 3.05) is 217 Å². The number of morpholine rings is 5. The summed E-state index contributed by atoms with van der Waals surface area (Å²) in [6.07, 6.45) is 6.33. The van der Waals surface area contributed by atoms with Crippen molar-refractivity contribution >= 4 is 29.8 Å². The molecule has 20 rings (SSSR count). The van der Waals surface area contributed by atoms with E-state index in [0.717, 1.165) is 190 Å². The first kappa shape index (κ1) is 106.